The van der Waals surface area contributed by atoms with Crippen LogP contribution < -0.4 is 9.64 Å². The van der Waals surface area contributed by atoms with Gasteiger partial charge in [0.25, 0.3) is 11.6 Å². The first kappa shape index (κ1) is 17.7. The monoisotopic (exact) mass is 355 g/mol. The van der Waals surface area contributed by atoms with E-state index in [2.05, 4.69) is 4.90 Å². The lowest BCUT2D eigenvalue weighted by Crippen LogP contribution is -2.48. The van der Waals surface area contributed by atoms with Crippen molar-refractivity contribution in [3.8, 4) is 5.75 Å². The van der Waals surface area contributed by atoms with Gasteiger partial charge in [-0.3, -0.25) is 14.9 Å². The number of piperazine rings is 1. The number of aryl methyl sites for hydroxylation is 1. The molecule has 0 atom stereocenters. The summed E-state index contributed by atoms with van der Waals surface area (Å²) in [6.45, 7) is 4.52. The minimum absolute atomic E-state index is 0.00773. The number of nitrogens with zero attached hydrogens (tertiary/aromatic N) is 3. The van der Waals surface area contributed by atoms with Crippen molar-refractivity contribution < 1.29 is 14.5 Å². The van der Waals surface area contributed by atoms with Crippen LogP contribution in [0, 0.1) is 17.0 Å². The van der Waals surface area contributed by atoms with E-state index >= 15 is 0 Å². The van der Waals surface area contributed by atoms with Crippen LogP contribution in [-0.4, -0.2) is 49.0 Å². The average Bonchev–Trinajstić information content (AvgIpc) is 2.68. The van der Waals surface area contributed by atoms with Crippen LogP contribution in [0.3, 0.4) is 0 Å². The van der Waals surface area contributed by atoms with E-state index in [0.29, 0.717) is 37.5 Å². The molecule has 0 radical (unpaired) electrons. The van der Waals surface area contributed by atoms with Gasteiger partial charge in [0.1, 0.15) is 5.75 Å². The number of methoxy groups -OCH3 is 1. The molecule has 1 saturated heterocycles. The summed E-state index contributed by atoms with van der Waals surface area (Å²) in [5, 5.41) is 10.7. The molecule has 26 heavy (non-hydrogen) atoms. The Balaban J connectivity index is 1.64. The predicted octanol–water partition coefficient (Wildman–Crippen LogP) is 2.87. The maximum absolute atomic E-state index is 12.7. The third kappa shape index (κ3) is 3.61. The molecule has 0 saturated carbocycles. The minimum Gasteiger partial charge on any atom is -0.496 e. The lowest BCUT2D eigenvalue weighted by molar-refractivity contribution is -0.384. The lowest BCUT2D eigenvalue weighted by Gasteiger charge is -2.36. The van der Waals surface area contributed by atoms with Gasteiger partial charge in [0, 0.05) is 49.6 Å². The van der Waals surface area contributed by atoms with Gasteiger partial charge in [-0.05, 0) is 36.8 Å². The lowest BCUT2D eigenvalue weighted by atomic mass is 10.1. The first-order chi connectivity index (χ1) is 12.5. The van der Waals surface area contributed by atoms with Crippen LogP contribution >= 0.6 is 0 Å². The quantitative estimate of drug-likeness (QED) is 0.623. The molecule has 1 aliphatic heterocycles. The van der Waals surface area contributed by atoms with E-state index in [0.717, 1.165) is 11.3 Å². The number of rotatable bonds is 4. The van der Waals surface area contributed by atoms with E-state index in [1.54, 1.807) is 25.3 Å². The van der Waals surface area contributed by atoms with Crippen LogP contribution in [0.2, 0.25) is 0 Å². The summed E-state index contributed by atoms with van der Waals surface area (Å²) in [5.74, 6) is 0.701. The van der Waals surface area contributed by atoms with Gasteiger partial charge in [0.05, 0.1) is 12.0 Å². The molecule has 1 fully saturated rings. The SMILES string of the molecule is COc1cc(C(=O)N2CCN(c3ccc([N+](=O)[O-])cc3)CC2)ccc1C. The fourth-order valence-electron chi connectivity index (χ4n) is 3.09. The van der Waals surface area contributed by atoms with Gasteiger partial charge in [-0.15, -0.1) is 0 Å². The summed E-state index contributed by atoms with van der Waals surface area (Å²) in [7, 11) is 1.60. The second-order valence-corrected chi connectivity index (χ2v) is 6.24. The first-order valence-corrected chi connectivity index (χ1v) is 8.43. The molecule has 0 aliphatic carbocycles. The average molecular weight is 355 g/mol. The molecule has 136 valence electrons. The van der Waals surface area contributed by atoms with E-state index < -0.39 is 4.92 Å². The zero-order chi connectivity index (χ0) is 18.7. The summed E-state index contributed by atoms with van der Waals surface area (Å²) in [4.78, 5) is 27.0. The standard InChI is InChI=1S/C19H21N3O4/c1-14-3-4-15(13-18(14)26-2)19(23)21-11-9-20(10-12-21)16-5-7-17(8-6-16)22(24)25/h3-8,13H,9-12H2,1-2H3. The van der Waals surface area contributed by atoms with Crippen molar-refractivity contribution in [1.29, 1.82) is 0 Å². The predicted molar refractivity (Wildman–Crippen MR) is 98.9 cm³/mol. The van der Waals surface area contributed by atoms with Crippen molar-refractivity contribution in [3.05, 3.63) is 63.7 Å². The first-order valence-electron chi connectivity index (χ1n) is 8.43. The zero-order valence-electron chi connectivity index (χ0n) is 14.8. The molecule has 2 aromatic carbocycles. The molecule has 1 amide bonds. The Morgan fingerprint density at radius 1 is 1.08 bits per heavy atom. The Bertz CT molecular complexity index is 812. The summed E-state index contributed by atoms with van der Waals surface area (Å²) >= 11 is 0. The third-order valence-electron chi connectivity index (χ3n) is 4.65. The van der Waals surface area contributed by atoms with Gasteiger partial charge >= 0.3 is 0 Å². The molecule has 0 spiro atoms. The second-order valence-electron chi connectivity index (χ2n) is 6.24. The molecular weight excluding hydrogens is 334 g/mol. The highest BCUT2D eigenvalue weighted by Crippen LogP contribution is 2.23. The number of nitro groups is 1. The van der Waals surface area contributed by atoms with Crippen molar-refractivity contribution in [2.75, 3.05) is 38.2 Å². The van der Waals surface area contributed by atoms with E-state index in [1.807, 2.05) is 24.0 Å². The fourth-order valence-corrected chi connectivity index (χ4v) is 3.09. The molecule has 7 heteroatoms. The number of nitro benzene ring substituents is 1. The highest BCUT2D eigenvalue weighted by atomic mass is 16.6. The van der Waals surface area contributed by atoms with Crippen molar-refractivity contribution in [2.45, 2.75) is 6.92 Å². The Morgan fingerprint density at radius 2 is 1.73 bits per heavy atom. The summed E-state index contributed by atoms with van der Waals surface area (Å²) in [6.07, 6.45) is 0. The van der Waals surface area contributed by atoms with Crippen molar-refractivity contribution in [1.82, 2.24) is 4.90 Å². The normalized spacial score (nSPS) is 14.2. The molecule has 7 nitrogen and oxygen atoms in total. The van der Waals surface area contributed by atoms with Crippen LogP contribution in [0.15, 0.2) is 42.5 Å². The van der Waals surface area contributed by atoms with Crippen molar-refractivity contribution in [3.63, 3.8) is 0 Å². The highest BCUT2D eigenvalue weighted by Gasteiger charge is 2.23. The number of carbonyl (C=O) groups is 1. The molecule has 0 unspecified atom stereocenters. The highest BCUT2D eigenvalue weighted by molar-refractivity contribution is 5.95. The van der Waals surface area contributed by atoms with Crippen LogP contribution in [-0.2, 0) is 0 Å². The molecular formula is C19H21N3O4. The van der Waals surface area contributed by atoms with Gasteiger partial charge in [-0.1, -0.05) is 6.07 Å². The number of anilines is 1. The number of hydrogen-bond acceptors (Lipinski definition) is 5. The third-order valence-corrected chi connectivity index (χ3v) is 4.65. The van der Waals surface area contributed by atoms with Crippen LogP contribution in [0.1, 0.15) is 15.9 Å². The Labute approximate surface area is 151 Å². The van der Waals surface area contributed by atoms with Gasteiger partial charge < -0.3 is 14.5 Å². The minimum atomic E-state index is -0.407. The van der Waals surface area contributed by atoms with Gasteiger partial charge in [-0.2, -0.15) is 0 Å². The molecule has 3 rings (SSSR count). The van der Waals surface area contributed by atoms with Crippen LogP contribution in [0.5, 0.6) is 5.75 Å². The molecule has 0 N–H and O–H groups in total. The number of non-ortho nitro benzene ring substituents is 1. The van der Waals surface area contributed by atoms with Crippen molar-refractivity contribution in [2.24, 2.45) is 0 Å². The van der Waals surface area contributed by atoms with Crippen LogP contribution in [0.4, 0.5) is 11.4 Å². The number of hydrogen-bond donors (Lipinski definition) is 0. The maximum atomic E-state index is 12.7. The Kier molecular flexibility index (Phi) is 5.06. The van der Waals surface area contributed by atoms with Crippen LogP contribution in [0.25, 0.3) is 0 Å². The number of carbonyl (C=O) groups excluding carboxylic acids is 1. The van der Waals surface area contributed by atoms with E-state index in [4.69, 9.17) is 4.74 Å². The molecule has 1 aliphatic rings. The Hall–Kier alpha value is -3.09. The van der Waals surface area contributed by atoms with Crippen molar-refractivity contribution >= 4 is 17.3 Å². The van der Waals surface area contributed by atoms with E-state index in [1.165, 1.54) is 12.1 Å². The number of benzene rings is 2. The summed E-state index contributed by atoms with van der Waals surface area (Å²) < 4.78 is 5.30. The van der Waals surface area contributed by atoms with Gasteiger partial charge in [0.2, 0.25) is 0 Å². The number of ether oxygens (including phenoxy) is 1. The topological polar surface area (TPSA) is 75.9 Å². The maximum Gasteiger partial charge on any atom is 0.269 e. The summed E-state index contributed by atoms with van der Waals surface area (Å²) in [6, 6.07) is 12.0. The largest absolute Gasteiger partial charge is 0.496 e. The van der Waals surface area contributed by atoms with E-state index in [-0.39, 0.29) is 11.6 Å². The zero-order valence-corrected chi connectivity index (χ0v) is 14.8. The fraction of sp³-hybridized carbons (Fsp3) is 0.316. The van der Waals surface area contributed by atoms with Gasteiger partial charge in [0.15, 0.2) is 0 Å². The molecule has 2 aromatic rings. The molecule has 1 heterocycles. The van der Waals surface area contributed by atoms with Gasteiger partial charge in [-0.25, -0.2) is 0 Å². The summed E-state index contributed by atoms with van der Waals surface area (Å²) in [5.41, 5.74) is 2.62. The molecule has 0 bridgehead atoms. The second kappa shape index (κ2) is 7.43. The smallest absolute Gasteiger partial charge is 0.269 e. The molecule has 0 aromatic heterocycles. The van der Waals surface area contributed by atoms with E-state index in [9.17, 15) is 14.9 Å². The number of amides is 1. The Morgan fingerprint density at radius 3 is 2.31 bits per heavy atom.